The van der Waals surface area contributed by atoms with Gasteiger partial charge in [-0.05, 0) is 6.92 Å². The molecule has 0 saturated carbocycles. The number of phosphoric ester groups is 4. The van der Waals surface area contributed by atoms with Gasteiger partial charge in [0.1, 0.15) is 94.2 Å². The van der Waals surface area contributed by atoms with Crippen molar-refractivity contribution in [1.29, 1.82) is 0 Å². The molecule has 7 rings (SSSR count). The maximum Gasteiger partial charge on any atom is 0.476 e. The fourth-order valence-electron chi connectivity index (χ4n) is 9.40. The fraction of sp³-hybridized carbons (Fsp3) is 1.00. The van der Waals surface area contributed by atoms with Crippen LogP contribution < -0.4 is 0 Å². The van der Waals surface area contributed by atoms with Crippen molar-refractivity contribution in [3.8, 4) is 0 Å². The molecule has 22 N–H and O–H groups in total. The van der Waals surface area contributed by atoms with E-state index in [4.69, 9.17) is 170 Å². The number of aliphatic hydroxyl groups is 7. The first-order valence-corrected chi connectivity index (χ1v) is 49.3. The summed E-state index contributed by atoms with van der Waals surface area (Å²) in [5.74, 6) is -1.55. The van der Waals surface area contributed by atoms with Crippen LogP contribution in [0.5, 0.6) is 0 Å². The molecule has 0 aromatic carbocycles. The number of methoxy groups -OCH3 is 1. The molecule has 49 nitrogen and oxygen atoms in total. The minimum Gasteiger partial charge on any atom is -0.390 e. The topological polar surface area (TPSA) is 765 Å². The van der Waals surface area contributed by atoms with Crippen LogP contribution in [0.4, 0.5) is 4.39 Å². The molecule has 31 atom stereocenters. The van der Waals surface area contributed by atoms with Crippen LogP contribution in [-0.2, 0) is 124 Å². The van der Waals surface area contributed by atoms with E-state index in [1.807, 2.05) is 15.1 Å². The minimum absolute atomic E-state index is 0. The van der Waals surface area contributed by atoms with Crippen LogP contribution in [0.3, 0.4) is 0 Å². The van der Waals surface area contributed by atoms with E-state index in [-0.39, 0.29) is 63.4 Å². The van der Waals surface area contributed by atoms with E-state index < -0.39 is 236 Å². The van der Waals surface area contributed by atoms with Gasteiger partial charge in [-0.3, -0.25) is 27.2 Å². The van der Waals surface area contributed by atoms with Gasteiger partial charge < -0.3 is 132 Å². The molecule has 112 heavy (non-hydrogen) atoms. The molecule has 646 valence electrons. The molecule has 7 fully saturated rings. The molecular formula is C44H92B7FO49P10Se. The van der Waals surface area contributed by atoms with Gasteiger partial charge in [-0.1, -0.05) is 35.1 Å². The standard InChI is InChI=1S/C7H15BO8P2.C6H12B2O8P2.C6H13BO8P2Se.C6H12BO7P.2C6H12BO6P.C6H12FO6P.CH4/c1-4-6(9)5(15-7(4)8)3-14-17(2,10)16-18(11,12)13;1-3-5(9)4(15-6(3)7)2-14-17(8,10)16-18(11,12)13;1-3-5(8)4(14-6(3)7)2-13-17(12,18)15-16(9,10)11;1-12-5-4(8)3(14-6(5)7)2-13-15(9,10)11;2*1-3-5(8)4(13-6(3)7)2-12-14(9,10)11;1-3-5(7)6(8)4(13-3)2-12-14(9,10)11;/h4-7,9H,3H2,1-2H3,(H2,11,12,13);3-6,9H,2H2,1H3,(H2,11,12,13);3-6,8H,2H2,1H3,(H,12,18)(H2,9,10,11);3-6,8H,2H2,1H3,(H2,9,10,11);3*3-6,8H,2H2,1H3,(H2,9,10,11);1H4/t4-,5-,6+,7-,17?;2*3-,4-,5+,6-,17?;3-,4-,5-,6-;2*3-,4-,5+,6-;3-,4+,5-,6+;/m1111110./s1. The molecule has 0 bridgehead atoms. The van der Waals surface area contributed by atoms with Gasteiger partial charge in [-0.2, -0.15) is 0 Å². The van der Waals surface area contributed by atoms with E-state index in [0.717, 1.165) is 6.66 Å². The van der Waals surface area contributed by atoms with Gasteiger partial charge in [0.15, 0.2) is 6.17 Å². The van der Waals surface area contributed by atoms with E-state index in [9.17, 15) is 86.1 Å². The van der Waals surface area contributed by atoms with E-state index in [2.05, 4.69) is 35.6 Å². The second-order valence-corrected chi connectivity index (χ2v) is 41.7. The summed E-state index contributed by atoms with van der Waals surface area (Å²) in [7, 11) is -2.08. The predicted octanol–water partition coefficient (Wildman–Crippen LogP) is -5.50. The van der Waals surface area contributed by atoms with Crippen molar-refractivity contribution in [2.45, 2.75) is 189 Å². The van der Waals surface area contributed by atoms with Gasteiger partial charge in [-0.25, -0.2) is 40.4 Å². The van der Waals surface area contributed by atoms with Crippen molar-refractivity contribution in [2.24, 2.45) is 29.6 Å². The van der Waals surface area contributed by atoms with Crippen LogP contribution in [0.2, 0.25) is 0 Å². The van der Waals surface area contributed by atoms with Crippen LogP contribution in [0.25, 0.3) is 0 Å². The Balaban J connectivity index is 0.00000129. The Morgan fingerprint density at radius 3 is 0.786 bits per heavy atom. The summed E-state index contributed by atoms with van der Waals surface area (Å²) in [6.07, 6.45) is -19.9. The Kier molecular flexibility index (Phi) is 49.1. The molecule has 68 heteroatoms. The Hall–Kier alpha value is 1.80. The van der Waals surface area contributed by atoms with Crippen molar-refractivity contribution >= 4 is 146 Å². The average molecular weight is 1890 g/mol. The smallest absolute Gasteiger partial charge is 0.390 e. The number of hydrogen-bond donors (Lipinski definition) is 22. The first-order valence-electron chi connectivity index (χ1n) is 31.2. The number of alkyl halides is 1. The van der Waals surface area contributed by atoms with Crippen molar-refractivity contribution in [3.63, 3.8) is 0 Å². The third-order valence-corrected chi connectivity index (χ3v) is 26.6. The van der Waals surface area contributed by atoms with Crippen LogP contribution >= 0.6 is 76.0 Å². The maximum absolute atomic E-state index is 13.0. The zero-order chi connectivity index (χ0) is 86.8. The summed E-state index contributed by atoms with van der Waals surface area (Å²) < 4.78 is 192. The van der Waals surface area contributed by atoms with E-state index in [0.29, 0.717) is 0 Å². The minimum atomic E-state index is -5.03. The molecular weight excluding hydrogens is 1800 g/mol. The molecule has 7 heterocycles. The normalized spacial score (nSPS) is 37.1. The van der Waals surface area contributed by atoms with Gasteiger partial charge in [0.05, 0.1) is 70.2 Å². The number of aliphatic hydroxyl groups excluding tert-OH is 7. The monoisotopic (exact) mass is 1890 g/mol. The van der Waals surface area contributed by atoms with E-state index in [1.54, 1.807) is 34.6 Å². The van der Waals surface area contributed by atoms with Gasteiger partial charge in [-0.15, -0.1) is 0 Å². The van der Waals surface area contributed by atoms with Gasteiger partial charge >= 0.3 is 167 Å². The Labute approximate surface area is 658 Å². The van der Waals surface area contributed by atoms with Crippen LogP contribution in [-0.4, -0.2) is 379 Å². The summed E-state index contributed by atoms with van der Waals surface area (Å²) >= 11 is 2.03. The number of rotatable bonds is 28. The van der Waals surface area contributed by atoms with E-state index in [1.165, 1.54) is 14.0 Å². The molecule has 7 aliphatic heterocycles. The molecule has 3 unspecified atom stereocenters. The Morgan fingerprint density at radius 1 is 0.339 bits per heavy atom. The fourth-order valence-corrected chi connectivity index (χ4v) is 18.3. The van der Waals surface area contributed by atoms with Gasteiger partial charge in [0, 0.05) is 67.5 Å². The summed E-state index contributed by atoms with van der Waals surface area (Å²) in [6.45, 7) is 7.87. The summed E-state index contributed by atoms with van der Waals surface area (Å²) in [5, 5.41) is 66.8. The molecule has 0 aliphatic carbocycles. The number of hydrogen-bond acceptors (Lipinski definition) is 35. The second kappa shape index (κ2) is 48.3. The Morgan fingerprint density at radius 2 is 0.571 bits per heavy atom. The van der Waals surface area contributed by atoms with Crippen molar-refractivity contribution in [3.05, 3.63) is 0 Å². The zero-order valence-corrected chi connectivity index (χ0v) is 69.9. The number of ether oxygens (including phenoxy) is 8. The van der Waals surface area contributed by atoms with Crippen molar-refractivity contribution in [1.82, 2.24) is 0 Å². The summed E-state index contributed by atoms with van der Waals surface area (Å²) in [5.41, 5.74) is 0. The molecule has 7 saturated heterocycles. The molecule has 0 aromatic rings. The van der Waals surface area contributed by atoms with Crippen molar-refractivity contribution in [2.75, 3.05) is 60.0 Å². The SMILES string of the molecule is C.C[C@@H]1O[C@H](COP(=O)(O)O)[C@@H](O)[C@H]1F.[B][C@@H]1O[C@H](COP(=O)(O)O)[C@@H](O)[C@H]1C.[B][C@@H]1O[C@H](COP(=O)(O)O)[C@@H](O)[C@H]1C.[B][C@@H]1O[C@H](COP(=O)(O)O)[C@@H](O)[C@H]1OC.[B][C@@H]1O[C@H](COP(C)(=O)OP(=O)(O)O)[C@@H](O)[C@H]1C.[B][C@@H]1O[C@H](COP(O)(=[Se])OP(=O)(O)O)[C@@H](O)[C@H]1C.[B][C@@H]1O[C@H](COP([B])(=O)OP(=O)(O)O)[C@@H](O)[C@H]1C. The average Bonchev–Trinajstić information content (AvgIpc) is 1.47. The number of phosphoric acid groups is 7. The van der Waals surface area contributed by atoms with Crippen LogP contribution in [0.1, 0.15) is 49.0 Å². The first-order chi connectivity index (χ1) is 49.8. The third-order valence-electron chi connectivity index (χ3n) is 15.6. The predicted molar refractivity (Wildman–Crippen MR) is 382 cm³/mol. The summed E-state index contributed by atoms with van der Waals surface area (Å²) in [6, 6.07) is -4.15. The van der Waals surface area contributed by atoms with Gasteiger partial charge in [0.2, 0.25) is 7.57 Å². The van der Waals surface area contributed by atoms with Gasteiger partial charge in [0.25, 0.3) is 7.47 Å². The second-order valence-electron chi connectivity index (χ2n) is 24.6. The quantitative estimate of drug-likeness (QED) is 0.0257. The van der Waals surface area contributed by atoms with E-state index >= 15 is 0 Å². The van der Waals surface area contributed by atoms with Crippen LogP contribution in [0, 0.1) is 29.6 Å². The molecule has 0 amide bonds. The van der Waals surface area contributed by atoms with Crippen molar-refractivity contribution < 1.29 is 237 Å². The number of halogens is 1. The molecule has 0 aromatic heterocycles. The molecule has 14 radical (unpaired) electrons. The summed E-state index contributed by atoms with van der Waals surface area (Å²) in [4.78, 5) is 128. The molecule has 7 aliphatic rings. The largest absolute Gasteiger partial charge is 0.476 e. The Bertz CT molecular complexity index is 3020. The maximum atomic E-state index is 13.0. The first kappa shape index (κ1) is 114. The van der Waals surface area contributed by atoms with Crippen LogP contribution in [0.15, 0.2) is 0 Å². The third kappa shape index (κ3) is 44.4. The zero-order valence-electron chi connectivity index (χ0n) is 59.3. The molecule has 0 spiro atoms.